The Morgan fingerprint density at radius 3 is 2.95 bits per heavy atom. The van der Waals surface area contributed by atoms with E-state index in [-0.39, 0.29) is 18.1 Å². The zero-order valence-electron chi connectivity index (χ0n) is 11.5. The number of amides is 1. The minimum Gasteiger partial charge on any atom is -0.488 e. The topological polar surface area (TPSA) is 59.6 Å². The van der Waals surface area contributed by atoms with Gasteiger partial charge in [0.1, 0.15) is 17.9 Å². The minimum atomic E-state index is -0.273. The summed E-state index contributed by atoms with van der Waals surface area (Å²) in [6.45, 7) is 5.14. The molecule has 0 aliphatic carbocycles. The first-order chi connectivity index (χ1) is 9.15. The van der Waals surface area contributed by atoms with Gasteiger partial charge in [0.25, 0.3) is 0 Å². The van der Waals surface area contributed by atoms with Crippen LogP contribution in [0.4, 0.5) is 5.69 Å². The molecular weight excluding hydrogens is 244 g/mol. The van der Waals surface area contributed by atoms with E-state index in [0.29, 0.717) is 13.2 Å². The number of carbonyl (C=O) groups is 1. The molecule has 1 aliphatic heterocycles. The maximum Gasteiger partial charge on any atom is 0.246 e. The number of hydrogen-bond acceptors (Lipinski definition) is 4. The lowest BCUT2D eigenvalue weighted by atomic mass is 10.1. The maximum absolute atomic E-state index is 11.7. The number of carbonyl (C=O) groups excluding carboxylic acids is 1. The van der Waals surface area contributed by atoms with Gasteiger partial charge in [-0.15, -0.1) is 0 Å². The van der Waals surface area contributed by atoms with Gasteiger partial charge in [-0.2, -0.15) is 0 Å². The van der Waals surface area contributed by atoms with Crippen LogP contribution >= 0.6 is 0 Å². The molecule has 1 aromatic rings. The Bertz CT molecular complexity index is 462. The summed E-state index contributed by atoms with van der Waals surface area (Å²) in [5.41, 5.74) is 1.77. The standard InChI is InChI=1S/C14H20N2O3/c1-4-18-8-9(2)19-10-5-6-11-12(7-10)16-14(17)13(11)15-3/h5-7,9,13,15H,4,8H2,1-3H3,(H,16,17). The molecule has 0 saturated carbocycles. The molecule has 0 bridgehead atoms. The lowest BCUT2D eigenvalue weighted by Crippen LogP contribution is -2.23. The minimum absolute atomic E-state index is 0.0183. The average molecular weight is 264 g/mol. The smallest absolute Gasteiger partial charge is 0.246 e. The highest BCUT2D eigenvalue weighted by molar-refractivity contribution is 6.02. The summed E-state index contributed by atoms with van der Waals surface area (Å²) >= 11 is 0. The molecule has 104 valence electrons. The Balaban J connectivity index is 2.06. The van der Waals surface area contributed by atoms with E-state index >= 15 is 0 Å². The number of anilines is 1. The summed E-state index contributed by atoms with van der Waals surface area (Å²) in [6, 6.07) is 5.38. The number of ether oxygens (including phenoxy) is 2. The molecular formula is C14H20N2O3. The van der Waals surface area contributed by atoms with Crippen LogP contribution in [0.5, 0.6) is 5.75 Å². The summed E-state index contributed by atoms with van der Waals surface area (Å²) < 4.78 is 11.1. The maximum atomic E-state index is 11.7. The van der Waals surface area contributed by atoms with E-state index in [1.807, 2.05) is 32.0 Å². The largest absolute Gasteiger partial charge is 0.488 e. The number of rotatable bonds is 6. The number of nitrogens with one attached hydrogen (secondary N) is 2. The van der Waals surface area contributed by atoms with Crippen LogP contribution in [-0.2, 0) is 9.53 Å². The van der Waals surface area contributed by atoms with Crippen LogP contribution in [0.3, 0.4) is 0 Å². The van der Waals surface area contributed by atoms with Crippen molar-refractivity contribution in [2.45, 2.75) is 26.0 Å². The molecule has 2 rings (SSSR count). The highest BCUT2D eigenvalue weighted by atomic mass is 16.5. The van der Waals surface area contributed by atoms with Crippen LogP contribution in [0.2, 0.25) is 0 Å². The highest BCUT2D eigenvalue weighted by Gasteiger charge is 2.29. The van der Waals surface area contributed by atoms with Gasteiger partial charge in [-0.3, -0.25) is 4.79 Å². The second-order valence-electron chi connectivity index (χ2n) is 4.55. The van der Waals surface area contributed by atoms with Gasteiger partial charge in [0.2, 0.25) is 5.91 Å². The summed E-state index contributed by atoms with van der Waals surface area (Å²) in [5.74, 6) is 0.708. The molecule has 1 amide bonds. The van der Waals surface area contributed by atoms with Crippen molar-refractivity contribution in [3.63, 3.8) is 0 Å². The first-order valence-electron chi connectivity index (χ1n) is 6.52. The summed E-state index contributed by atoms with van der Waals surface area (Å²) in [6.07, 6.45) is -0.0183. The molecule has 0 saturated heterocycles. The van der Waals surface area contributed by atoms with Crippen molar-refractivity contribution < 1.29 is 14.3 Å². The second-order valence-corrected chi connectivity index (χ2v) is 4.55. The molecule has 1 aromatic carbocycles. The highest BCUT2D eigenvalue weighted by Crippen LogP contribution is 2.33. The van der Waals surface area contributed by atoms with Crippen molar-refractivity contribution in [2.24, 2.45) is 0 Å². The van der Waals surface area contributed by atoms with Gasteiger partial charge in [-0.1, -0.05) is 6.07 Å². The number of fused-ring (bicyclic) bond motifs is 1. The molecule has 0 spiro atoms. The molecule has 5 nitrogen and oxygen atoms in total. The van der Waals surface area contributed by atoms with E-state index in [9.17, 15) is 4.79 Å². The van der Waals surface area contributed by atoms with E-state index in [2.05, 4.69) is 10.6 Å². The van der Waals surface area contributed by atoms with Crippen molar-refractivity contribution >= 4 is 11.6 Å². The fourth-order valence-corrected chi connectivity index (χ4v) is 2.15. The first kappa shape index (κ1) is 13.8. The van der Waals surface area contributed by atoms with Crippen LogP contribution in [0.25, 0.3) is 0 Å². The third-order valence-corrected chi connectivity index (χ3v) is 3.04. The van der Waals surface area contributed by atoms with Gasteiger partial charge in [-0.25, -0.2) is 0 Å². The zero-order chi connectivity index (χ0) is 13.8. The van der Waals surface area contributed by atoms with Crippen LogP contribution in [0, 0.1) is 0 Å². The quantitative estimate of drug-likeness (QED) is 0.821. The van der Waals surface area contributed by atoms with Gasteiger partial charge in [0, 0.05) is 23.9 Å². The van der Waals surface area contributed by atoms with Crippen molar-refractivity contribution in [2.75, 3.05) is 25.6 Å². The predicted molar refractivity (Wildman–Crippen MR) is 73.5 cm³/mol. The number of benzene rings is 1. The van der Waals surface area contributed by atoms with E-state index < -0.39 is 0 Å². The lowest BCUT2D eigenvalue weighted by Gasteiger charge is -2.15. The molecule has 19 heavy (non-hydrogen) atoms. The van der Waals surface area contributed by atoms with Crippen LogP contribution in [0.15, 0.2) is 18.2 Å². The van der Waals surface area contributed by atoms with E-state index in [1.54, 1.807) is 7.05 Å². The second kappa shape index (κ2) is 6.04. The fraction of sp³-hybridized carbons (Fsp3) is 0.500. The lowest BCUT2D eigenvalue weighted by molar-refractivity contribution is -0.117. The molecule has 5 heteroatoms. The zero-order valence-corrected chi connectivity index (χ0v) is 11.5. The average Bonchev–Trinajstić information content (AvgIpc) is 2.70. The van der Waals surface area contributed by atoms with Gasteiger partial charge >= 0.3 is 0 Å². The van der Waals surface area contributed by atoms with Crippen molar-refractivity contribution in [1.29, 1.82) is 0 Å². The van der Waals surface area contributed by atoms with Gasteiger partial charge in [0.05, 0.1) is 6.61 Å². The number of likely N-dealkylation sites (N-methyl/N-ethyl adjacent to an activating group) is 1. The van der Waals surface area contributed by atoms with Crippen LogP contribution < -0.4 is 15.4 Å². The third kappa shape index (κ3) is 3.05. The first-order valence-corrected chi connectivity index (χ1v) is 6.52. The van der Waals surface area contributed by atoms with Crippen molar-refractivity contribution in [1.82, 2.24) is 5.32 Å². The molecule has 0 radical (unpaired) electrons. The number of hydrogen-bond donors (Lipinski definition) is 2. The molecule has 2 unspecified atom stereocenters. The van der Waals surface area contributed by atoms with E-state index in [1.165, 1.54) is 0 Å². The van der Waals surface area contributed by atoms with Gasteiger partial charge in [0.15, 0.2) is 0 Å². The normalized spacial score (nSPS) is 18.9. The fourth-order valence-electron chi connectivity index (χ4n) is 2.15. The monoisotopic (exact) mass is 264 g/mol. The van der Waals surface area contributed by atoms with E-state index in [0.717, 1.165) is 17.0 Å². The van der Waals surface area contributed by atoms with Crippen molar-refractivity contribution in [3.8, 4) is 5.75 Å². The summed E-state index contributed by atoms with van der Waals surface area (Å²) in [5, 5.41) is 5.83. The van der Waals surface area contributed by atoms with Crippen LogP contribution in [0.1, 0.15) is 25.5 Å². The van der Waals surface area contributed by atoms with Crippen molar-refractivity contribution in [3.05, 3.63) is 23.8 Å². The van der Waals surface area contributed by atoms with Crippen LogP contribution in [-0.4, -0.2) is 32.3 Å². The Kier molecular flexibility index (Phi) is 4.39. The third-order valence-electron chi connectivity index (χ3n) is 3.04. The molecule has 0 fully saturated rings. The molecule has 0 aromatic heterocycles. The Morgan fingerprint density at radius 1 is 1.47 bits per heavy atom. The summed E-state index contributed by atoms with van der Waals surface area (Å²) in [4.78, 5) is 11.7. The van der Waals surface area contributed by atoms with Gasteiger partial charge in [-0.05, 0) is 27.0 Å². The molecule has 1 heterocycles. The predicted octanol–water partition coefficient (Wildman–Crippen LogP) is 1.70. The summed E-state index contributed by atoms with van der Waals surface area (Å²) in [7, 11) is 1.77. The SMILES string of the molecule is CCOCC(C)Oc1ccc2c(c1)NC(=O)C2NC. The molecule has 1 aliphatic rings. The Labute approximate surface area is 113 Å². The van der Waals surface area contributed by atoms with E-state index in [4.69, 9.17) is 9.47 Å². The van der Waals surface area contributed by atoms with Gasteiger partial charge < -0.3 is 20.1 Å². The molecule has 2 N–H and O–H groups in total. The molecule has 2 atom stereocenters. The Hall–Kier alpha value is -1.59. The Morgan fingerprint density at radius 2 is 2.26 bits per heavy atom.